The summed E-state index contributed by atoms with van der Waals surface area (Å²) < 4.78 is 0. The monoisotopic (exact) mass is 291 g/mol. The van der Waals surface area contributed by atoms with Crippen molar-refractivity contribution in [2.45, 2.75) is 71.3 Å². The van der Waals surface area contributed by atoms with Crippen LogP contribution in [0.25, 0.3) is 0 Å². The van der Waals surface area contributed by atoms with E-state index >= 15 is 0 Å². The minimum atomic E-state index is -0.0954. The fourth-order valence-electron chi connectivity index (χ4n) is 2.93. The van der Waals surface area contributed by atoms with Crippen molar-refractivity contribution in [2.75, 3.05) is 10.7 Å². The van der Waals surface area contributed by atoms with E-state index in [1.54, 1.807) is 0 Å². The van der Waals surface area contributed by atoms with Gasteiger partial charge in [0.05, 0.1) is 0 Å². The number of nitrogens with zero attached hydrogens (tertiary/aromatic N) is 2. The van der Waals surface area contributed by atoms with Gasteiger partial charge in [0.15, 0.2) is 0 Å². The van der Waals surface area contributed by atoms with Gasteiger partial charge in [0.2, 0.25) is 0 Å². The fraction of sp³-hybridized carbons (Fsp3) is 0.750. The van der Waals surface area contributed by atoms with Crippen LogP contribution in [-0.4, -0.2) is 16.0 Å². The molecule has 2 unspecified atom stereocenters. The van der Waals surface area contributed by atoms with Crippen LogP contribution in [0.15, 0.2) is 6.07 Å². The molecule has 4 N–H and O–H groups in total. The maximum Gasteiger partial charge on any atom is 0.145 e. The summed E-state index contributed by atoms with van der Waals surface area (Å²) in [5.41, 5.74) is 2.55. The molecule has 5 nitrogen and oxygen atoms in total. The van der Waals surface area contributed by atoms with Gasteiger partial charge in [-0.2, -0.15) is 0 Å². The van der Waals surface area contributed by atoms with Crippen molar-refractivity contribution >= 4 is 11.6 Å². The quantitative estimate of drug-likeness (QED) is 0.585. The number of hydrogen-bond donors (Lipinski definition) is 3. The lowest BCUT2D eigenvalue weighted by molar-refractivity contribution is 0.327. The Balaban J connectivity index is 2.15. The van der Waals surface area contributed by atoms with Crippen LogP contribution in [0.5, 0.6) is 0 Å². The molecule has 0 spiro atoms. The van der Waals surface area contributed by atoms with Gasteiger partial charge in [0.1, 0.15) is 17.5 Å². The highest BCUT2D eigenvalue weighted by Crippen LogP contribution is 2.29. The first-order valence-corrected chi connectivity index (χ1v) is 8.05. The first kappa shape index (κ1) is 16.0. The summed E-state index contributed by atoms with van der Waals surface area (Å²) in [6.07, 6.45) is 6.38. The van der Waals surface area contributed by atoms with Gasteiger partial charge in [0, 0.05) is 17.5 Å². The Morgan fingerprint density at radius 2 is 1.95 bits per heavy atom. The van der Waals surface area contributed by atoms with Crippen LogP contribution in [0.1, 0.15) is 65.6 Å². The highest BCUT2D eigenvalue weighted by molar-refractivity contribution is 5.48. The third-order valence-corrected chi connectivity index (χ3v) is 4.26. The Bertz CT molecular complexity index is 466. The molecule has 1 aromatic rings. The number of rotatable bonds is 4. The summed E-state index contributed by atoms with van der Waals surface area (Å²) in [5, 5.41) is 3.59. The molecule has 1 aliphatic carbocycles. The molecule has 1 aliphatic rings. The standard InChI is InChI=1S/C16H29N5/c1-5-11-7-6-8-12(9-11)18-13-10-14(21-17)20-15(19-13)16(2,3)4/h10-12H,5-9,17H2,1-4H3,(H2,18,19,20,21). The minimum absolute atomic E-state index is 0.0954. The van der Waals surface area contributed by atoms with Crippen LogP contribution < -0.4 is 16.6 Å². The van der Waals surface area contributed by atoms with Crippen molar-refractivity contribution in [1.82, 2.24) is 9.97 Å². The van der Waals surface area contributed by atoms with E-state index in [0.717, 1.165) is 17.6 Å². The van der Waals surface area contributed by atoms with Gasteiger partial charge >= 0.3 is 0 Å². The zero-order valence-corrected chi connectivity index (χ0v) is 13.7. The van der Waals surface area contributed by atoms with Gasteiger partial charge in [-0.25, -0.2) is 15.8 Å². The summed E-state index contributed by atoms with van der Waals surface area (Å²) >= 11 is 0. The van der Waals surface area contributed by atoms with Crippen LogP contribution in [-0.2, 0) is 5.41 Å². The molecule has 0 amide bonds. The second kappa shape index (κ2) is 6.60. The molecule has 1 heterocycles. The molecule has 0 aliphatic heterocycles. The molecule has 2 rings (SSSR count). The lowest BCUT2D eigenvalue weighted by atomic mass is 9.84. The minimum Gasteiger partial charge on any atom is -0.367 e. The van der Waals surface area contributed by atoms with Crippen LogP contribution in [0.4, 0.5) is 11.6 Å². The predicted octanol–water partition coefficient (Wildman–Crippen LogP) is 3.44. The highest BCUT2D eigenvalue weighted by atomic mass is 15.3. The Labute approximate surface area is 128 Å². The van der Waals surface area contributed by atoms with Crippen molar-refractivity contribution < 1.29 is 0 Å². The van der Waals surface area contributed by atoms with Crippen molar-refractivity contribution in [3.8, 4) is 0 Å². The molecule has 1 aromatic heterocycles. The highest BCUT2D eigenvalue weighted by Gasteiger charge is 2.23. The van der Waals surface area contributed by atoms with E-state index in [0.29, 0.717) is 11.9 Å². The average Bonchev–Trinajstić information content (AvgIpc) is 2.46. The number of nitrogens with two attached hydrogens (primary N) is 1. The van der Waals surface area contributed by atoms with E-state index in [2.05, 4.69) is 48.4 Å². The Kier molecular flexibility index (Phi) is 5.04. The molecule has 0 radical (unpaired) electrons. The van der Waals surface area contributed by atoms with Crippen LogP contribution in [0.3, 0.4) is 0 Å². The van der Waals surface area contributed by atoms with Gasteiger partial charge in [-0.05, 0) is 18.8 Å². The molecule has 118 valence electrons. The van der Waals surface area contributed by atoms with E-state index in [-0.39, 0.29) is 5.41 Å². The number of nitrogens with one attached hydrogen (secondary N) is 2. The molecule has 2 atom stereocenters. The van der Waals surface area contributed by atoms with E-state index in [1.807, 2.05) is 6.07 Å². The first-order valence-electron chi connectivity index (χ1n) is 8.05. The molecule has 1 fully saturated rings. The summed E-state index contributed by atoms with van der Waals surface area (Å²) in [4.78, 5) is 9.14. The molecule has 21 heavy (non-hydrogen) atoms. The fourth-order valence-corrected chi connectivity index (χ4v) is 2.93. The first-order chi connectivity index (χ1) is 9.92. The van der Waals surface area contributed by atoms with Gasteiger partial charge < -0.3 is 10.7 Å². The summed E-state index contributed by atoms with van der Waals surface area (Å²) in [6, 6.07) is 2.40. The second-order valence-corrected chi connectivity index (χ2v) is 7.14. The van der Waals surface area contributed by atoms with E-state index in [1.165, 1.54) is 32.1 Å². The summed E-state index contributed by atoms with van der Waals surface area (Å²) in [6.45, 7) is 8.62. The third kappa shape index (κ3) is 4.30. The molecule has 0 aromatic carbocycles. The molecule has 5 heteroatoms. The smallest absolute Gasteiger partial charge is 0.145 e. The zero-order chi connectivity index (χ0) is 15.5. The number of hydrogen-bond acceptors (Lipinski definition) is 5. The van der Waals surface area contributed by atoms with Crippen LogP contribution >= 0.6 is 0 Å². The number of hydrazine groups is 1. The van der Waals surface area contributed by atoms with E-state index in [9.17, 15) is 0 Å². The van der Waals surface area contributed by atoms with Crippen molar-refractivity contribution in [3.63, 3.8) is 0 Å². The molecule has 1 saturated carbocycles. The zero-order valence-electron chi connectivity index (χ0n) is 13.7. The van der Waals surface area contributed by atoms with Crippen LogP contribution in [0.2, 0.25) is 0 Å². The lowest BCUT2D eigenvalue weighted by Gasteiger charge is -2.30. The maximum absolute atomic E-state index is 5.54. The Morgan fingerprint density at radius 1 is 1.24 bits per heavy atom. The van der Waals surface area contributed by atoms with Gasteiger partial charge in [-0.15, -0.1) is 0 Å². The number of nitrogen functional groups attached to an aromatic ring is 1. The summed E-state index contributed by atoms with van der Waals surface area (Å²) in [5.74, 6) is 8.73. The van der Waals surface area contributed by atoms with Gasteiger partial charge in [0.25, 0.3) is 0 Å². The largest absolute Gasteiger partial charge is 0.367 e. The maximum atomic E-state index is 5.54. The number of aromatic nitrogens is 2. The SMILES string of the molecule is CCC1CCCC(Nc2cc(NN)nc(C(C)(C)C)n2)C1. The third-order valence-electron chi connectivity index (χ3n) is 4.26. The second-order valence-electron chi connectivity index (χ2n) is 7.14. The van der Waals surface area contributed by atoms with Gasteiger partial charge in [-0.1, -0.05) is 47.0 Å². The summed E-state index contributed by atoms with van der Waals surface area (Å²) in [7, 11) is 0. The molecule has 0 saturated heterocycles. The van der Waals surface area contributed by atoms with E-state index < -0.39 is 0 Å². The molecular formula is C16H29N5. The topological polar surface area (TPSA) is 75.9 Å². The van der Waals surface area contributed by atoms with E-state index in [4.69, 9.17) is 5.84 Å². The molecule has 0 bridgehead atoms. The van der Waals surface area contributed by atoms with Crippen molar-refractivity contribution in [3.05, 3.63) is 11.9 Å². The lowest BCUT2D eigenvalue weighted by Crippen LogP contribution is -2.28. The number of anilines is 2. The Morgan fingerprint density at radius 3 is 2.57 bits per heavy atom. The predicted molar refractivity (Wildman–Crippen MR) is 88.2 cm³/mol. The Hall–Kier alpha value is -1.36. The van der Waals surface area contributed by atoms with Crippen molar-refractivity contribution in [2.24, 2.45) is 11.8 Å². The molecular weight excluding hydrogens is 262 g/mol. The van der Waals surface area contributed by atoms with Gasteiger partial charge in [-0.3, -0.25) is 0 Å². The average molecular weight is 291 g/mol. The van der Waals surface area contributed by atoms with Crippen LogP contribution in [0, 0.1) is 5.92 Å². The van der Waals surface area contributed by atoms with Crippen molar-refractivity contribution in [1.29, 1.82) is 0 Å². The normalized spacial score (nSPS) is 22.9.